The number of methoxy groups -OCH3 is 2. The lowest BCUT2D eigenvalue weighted by molar-refractivity contribution is -0.143. The molecule has 1 atom stereocenters. The Labute approximate surface area is 159 Å². The fourth-order valence-corrected chi connectivity index (χ4v) is 3.45. The van der Waals surface area contributed by atoms with Crippen molar-refractivity contribution in [2.24, 2.45) is 0 Å². The highest BCUT2D eigenvalue weighted by atomic mass is 16.5. The van der Waals surface area contributed by atoms with E-state index in [1.165, 1.54) is 0 Å². The molecule has 144 valence electrons. The molecule has 1 aromatic heterocycles. The minimum atomic E-state index is -0.899. The molecular weight excluding hydrogens is 346 g/mol. The molecule has 27 heavy (non-hydrogen) atoms. The maximum atomic E-state index is 12.1. The van der Waals surface area contributed by atoms with Gasteiger partial charge in [-0.25, -0.2) is 4.98 Å². The molecule has 1 aliphatic rings. The number of pyridine rings is 1. The highest BCUT2D eigenvalue weighted by Crippen LogP contribution is 2.33. The minimum absolute atomic E-state index is 0.547. The second-order valence-corrected chi connectivity index (χ2v) is 6.51. The Morgan fingerprint density at radius 3 is 2.44 bits per heavy atom. The molecule has 7 nitrogen and oxygen atoms in total. The van der Waals surface area contributed by atoms with E-state index in [-0.39, 0.29) is 0 Å². The number of ether oxygens (including phenoxy) is 2. The van der Waals surface area contributed by atoms with Gasteiger partial charge in [0.15, 0.2) is 0 Å². The molecule has 1 unspecified atom stereocenters. The third-order valence-electron chi connectivity index (χ3n) is 4.84. The monoisotopic (exact) mass is 371 g/mol. The Morgan fingerprint density at radius 1 is 1.11 bits per heavy atom. The Bertz CT molecular complexity index is 804. The van der Waals surface area contributed by atoms with Crippen molar-refractivity contribution in [3.05, 3.63) is 47.7 Å². The van der Waals surface area contributed by atoms with Crippen molar-refractivity contribution in [1.82, 2.24) is 9.88 Å². The van der Waals surface area contributed by atoms with E-state index in [0.29, 0.717) is 43.2 Å². The van der Waals surface area contributed by atoms with Crippen LogP contribution in [0.25, 0.3) is 0 Å². The average molecular weight is 371 g/mol. The SMILES string of the molecule is COc1ccc(OC)c(C(C(=O)O)N2CCN(c3cccc(C)n3)CC2)c1. The molecule has 2 heterocycles. The number of carboxylic acid groups (broad SMARTS) is 1. The summed E-state index contributed by atoms with van der Waals surface area (Å²) in [4.78, 5) is 20.8. The number of piperazine rings is 1. The number of aryl methyl sites for hydroxylation is 1. The van der Waals surface area contributed by atoms with E-state index in [1.54, 1.807) is 32.4 Å². The van der Waals surface area contributed by atoms with Gasteiger partial charge < -0.3 is 19.5 Å². The number of nitrogens with zero attached hydrogens (tertiary/aromatic N) is 3. The Morgan fingerprint density at radius 2 is 1.85 bits per heavy atom. The van der Waals surface area contributed by atoms with Crippen LogP contribution < -0.4 is 14.4 Å². The van der Waals surface area contributed by atoms with Crippen LogP contribution in [-0.2, 0) is 4.79 Å². The van der Waals surface area contributed by atoms with Gasteiger partial charge >= 0.3 is 5.97 Å². The summed E-state index contributed by atoms with van der Waals surface area (Å²) in [5, 5.41) is 9.92. The molecule has 0 spiro atoms. The van der Waals surface area contributed by atoms with Crippen LogP contribution >= 0.6 is 0 Å². The first-order valence-corrected chi connectivity index (χ1v) is 8.91. The lowest BCUT2D eigenvalue weighted by Crippen LogP contribution is -2.49. The van der Waals surface area contributed by atoms with Gasteiger partial charge in [0.1, 0.15) is 23.4 Å². The fourth-order valence-electron chi connectivity index (χ4n) is 3.45. The second kappa shape index (κ2) is 8.26. The van der Waals surface area contributed by atoms with E-state index < -0.39 is 12.0 Å². The summed E-state index contributed by atoms with van der Waals surface area (Å²) in [5.74, 6) is 1.19. The number of benzene rings is 1. The first-order valence-electron chi connectivity index (χ1n) is 8.91. The van der Waals surface area contributed by atoms with Gasteiger partial charge in [0, 0.05) is 37.4 Å². The van der Waals surface area contributed by atoms with Crippen molar-refractivity contribution in [2.45, 2.75) is 13.0 Å². The van der Waals surface area contributed by atoms with Gasteiger partial charge in [-0.1, -0.05) is 6.07 Å². The molecule has 0 aliphatic carbocycles. The zero-order valence-electron chi connectivity index (χ0n) is 15.9. The van der Waals surface area contributed by atoms with Gasteiger partial charge in [0.25, 0.3) is 0 Å². The first-order chi connectivity index (χ1) is 13.0. The van der Waals surface area contributed by atoms with Crippen LogP contribution in [0.3, 0.4) is 0 Å². The van der Waals surface area contributed by atoms with E-state index in [4.69, 9.17) is 9.47 Å². The number of rotatable bonds is 6. The summed E-state index contributed by atoms with van der Waals surface area (Å²) in [5.41, 5.74) is 1.57. The number of hydrogen-bond donors (Lipinski definition) is 1. The number of carboxylic acids is 1. The maximum Gasteiger partial charge on any atom is 0.325 e. The van der Waals surface area contributed by atoms with Gasteiger partial charge in [-0.2, -0.15) is 0 Å². The van der Waals surface area contributed by atoms with Crippen LogP contribution in [0, 0.1) is 6.92 Å². The third-order valence-corrected chi connectivity index (χ3v) is 4.84. The largest absolute Gasteiger partial charge is 0.497 e. The third kappa shape index (κ3) is 4.14. The smallest absolute Gasteiger partial charge is 0.325 e. The summed E-state index contributed by atoms with van der Waals surface area (Å²) in [6.45, 7) is 4.63. The summed E-state index contributed by atoms with van der Waals surface area (Å²) in [7, 11) is 3.11. The summed E-state index contributed by atoms with van der Waals surface area (Å²) in [6.07, 6.45) is 0. The van der Waals surface area contributed by atoms with Crippen molar-refractivity contribution in [3.8, 4) is 11.5 Å². The highest BCUT2D eigenvalue weighted by Gasteiger charge is 2.33. The molecule has 0 radical (unpaired) electrons. The lowest BCUT2D eigenvalue weighted by Gasteiger charge is -2.38. The minimum Gasteiger partial charge on any atom is -0.497 e. The topological polar surface area (TPSA) is 75.1 Å². The number of aliphatic carboxylic acids is 1. The standard InChI is InChI=1S/C20H25N3O4/c1-14-5-4-6-18(21-14)22-9-11-23(12-10-22)19(20(24)25)16-13-15(26-2)7-8-17(16)27-3/h4-8,13,19H,9-12H2,1-3H3,(H,24,25). The lowest BCUT2D eigenvalue weighted by atomic mass is 10.0. The summed E-state index contributed by atoms with van der Waals surface area (Å²) < 4.78 is 10.7. The van der Waals surface area contributed by atoms with Crippen molar-refractivity contribution in [2.75, 3.05) is 45.3 Å². The zero-order valence-corrected chi connectivity index (χ0v) is 15.9. The number of anilines is 1. The molecular formula is C20H25N3O4. The molecule has 2 aromatic rings. The molecule has 3 rings (SSSR count). The second-order valence-electron chi connectivity index (χ2n) is 6.51. The molecule has 1 aromatic carbocycles. The summed E-state index contributed by atoms with van der Waals surface area (Å²) in [6, 6.07) is 10.4. The quantitative estimate of drug-likeness (QED) is 0.835. The van der Waals surface area contributed by atoms with E-state index in [0.717, 1.165) is 11.5 Å². The average Bonchev–Trinajstić information content (AvgIpc) is 2.68. The van der Waals surface area contributed by atoms with Gasteiger partial charge in [-0.15, -0.1) is 0 Å². The van der Waals surface area contributed by atoms with Crippen LogP contribution in [0.15, 0.2) is 36.4 Å². The van der Waals surface area contributed by atoms with E-state index >= 15 is 0 Å². The van der Waals surface area contributed by atoms with Gasteiger partial charge in [-0.05, 0) is 37.3 Å². The summed E-state index contributed by atoms with van der Waals surface area (Å²) >= 11 is 0. The van der Waals surface area contributed by atoms with Gasteiger partial charge in [0.05, 0.1) is 14.2 Å². The van der Waals surface area contributed by atoms with E-state index in [9.17, 15) is 9.90 Å². The Hall–Kier alpha value is -2.80. The van der Waals surface area contributed by atoms with Crippen molar-refractivity contribution >= 4 is 11.8 Å². The number of carbonyl (C=O) groups is 1. The van der Waals surface area contributed by atoms with Crippen LogP contribution in [0.2, 0.25) is 0 Å². The molecule has 7 heteroatoms. The molecule has 1 fully saturated rings. The van der Waals surface area contributed by atoms with Crippen molar-refractivity contribution in [1.29, 1.82) is 0 Å². The van der Waals surface area contributed by atoms with Crippen molar-refractivity contribution < 1.29 is 19.4 Å². The van der Waals surface area contributed by atoms with Crippen LogP contribution in [0.5, 0.6) is 11.5 Å². The van der Waals surface area contributed by atoms with Crippen LogP contribution in [-0.4, -0.2) is 61.4 Å². The fraction of sp³-hybridized carbons (Fsp3) is 0.400. The van der Waals surface area contributed by atoms with E-state index in [1.807, 2.05) is 30.0 Å². The van der Waals surface area contributed by atoms with Crippen LogP contribution in [0.4, 0.5) is 5.82 Å². The first kappa shape index (κ1) is 19.0. The van der Waals surface area contributed by atoms with E-state index in [2.05, 4.69) is 9.88 Å². The number of hydrogen-bond acceptors (Lipinski definition) is 6. The van der Waals surface area contributed by atoms with Crippen LogP contribution in [0.1, 0.15) is 17.3 Å². The molecule has 1 aliphatic heterocycles. The molecule has 1 saturated heterocycles. The predicted molar refractivity (Wildman–Crippen MR) is 103 cm³/mol. The Balaban J connectivity index is 1.81. The number of aromatic nitrogens is 1. The Kier molecular flexibility index (Phi) is 5.81. The molecule has 0 amide bonds. The highest BCUT2D eigenvalue weighted by molar-refractivity contribution is 5.77. The predicted octanol–water partition coefficient (Wildman–Crippen LogP) is 2.36. The van der Waals surface area contributed by atoms with Crippen molar-refractivity contribution in [3.63, 3.8) is 0 Å². The van der Waals surface area contributed by atoms with Gasteiger partial charge in [-0.3, -0.25) is 9.69 Å². The zero-order chi connectivity index (χ0) is 19.4. The molecule has 1 N–H and O–H groups in total. The molecule has 0 bridgehead atoms. The normalized spacial score (nSPS) is 16.0. The van der Waals surface area contributed by atoms with Gasteiger partial charge in [0.2, 0.25) is 0 Å². The maximum absolute atomic E-state index is 12.1. The molecule has 0 saturated carbocycles.